The highest BCUT2D eigenvalue weighted by molar-refractivity contribution is 6.34. The molecule has 0 N–H and O–H groups in total. The van der Waals surface area contributed by atoms with Crippen LogP contribution in [0.15, 0.2) is 18.5 Å². The lowest BCUT2D eigenvalue weighted by atomic mass is 10.2. The quantitative estimate of drug-likeness (QED) is 0.552. The zero-order valence-electron chi connectivity index (χ0n) is 12.3. The van der Waals surface area contributed by atoms with Crippen molar-refractivity contribution in [2.45, 2.75) is 19.8 Å². The van der Waals surface area contributed by atoms with Gasteiger partial charge >= 0.3 is 0 Å². The Morgan fingerprint density at radius 1 is 1.05 bits per heavy atom. The minimum Gasteiger partial charge on any atom is -0.490 e. The molecule has 0 radical (unpaired) electrons. The number of methoxy groups -OCH3 is 1. The van der Waals surface area contributed by atoms with E-state index in [-0.39, 0.29) is 0 Å². The molecule has 0 spiro atoms. The molecule has 0 saturated heterocycles. The van der Waals surface area contributed by atoms with E-state index in [9.17, 15) is 0 Å². The second-order valence-electron chi connectivity index (χ2n) is 4.52. The fourth-order valence-corrected chi connectivity index (χ4v) is 2.01. The van der Waals surface area contributed by atoms with Gasteiger partial charge in [-0.3, -0.25) is 0 Å². The van der Waals surface area contributed by atoms with Crippen molar-refractivity contribution in [3.63, 3.8) is 0 Å². The van der Waals surface area contributed by atoms with Crippen LogP contribution in [-0.2, 0) is 4.74 Å². The van der Waals surface area contributed by atoms with Gasteiger partial charge in [0, 0.05) is 18.6 Å². The number of hydrogen-bond acceptors (Lipinski definition) is 5. The van der Waals surface area contributed by atoms with E-state index in [0.717, 1.165) is 23.7 Å². The third-order valence-electron chi connectivity index (χ3n) is 2.95. The number of unbranched alkanes of at least 4 members (excludes halogenated alkanes) is 1. The summed E-state index contributed by atoms with van der Waals surface area (Å²) in [5.74, 6) is 1.30. The molecule has 0 aliphatic heterocycles. The number of ether oxygens (including phenoxy) is 3. The fraction of sp³-hybridized carbons (Fsp3) is 0.467. The highest BCUT2D eigenvalue weighted by Crippen LogP contribution is 2.34. The topological polar surface area (TPSA) is 53.5 Å². The SMILES string of the molecule is CCCCOc1cc2c(Cl)ncnc2cc1OCCOC. The van der Waals surface area contributed by atoms with Gasteiger partial charge < -0.3 is 14.2 Å². The van der Waals surface area contributed by atoms with E-state index in [4.69, 9.17) is 25.8 Å². The Labute approximate surface area is 129 Å². The van der Waals surface area contributed by atoms with Gasteiger partial charge in [-0.1, -0.05) is 24.9 Å². The first-order valence-electron chi connectivity index (χ1n) is 6.95. The Bertz CT molecular complexity index is 592. The number of fused-ring (bicyclic) bond motifs is 1. The summed E-state index contributed by atoms with van der Waals surface area (Å²) in [6.07, 6.45) is 3.48. The number of halogens is 1. The van der Waals surface area contributed by atoms with E-state index in [1.54, 1.807) is 7.11 Å². The van der Waals surface area contributed by atoms with Crippen LogP contribution in [0.25, 0.3) is 10.9 Å². The first-order chi connectivity index (χ1) is 10.3. The van der Waals surface area contributed by atoms with E-state index in [1.807, 2.05) is 12.1 Å². The zero-order valence-corrected chi connectivity index (χ0v) is 13.0. The van der Waals surface area contributed by atoms with Crippen LogP contribution in [0.5, 0.6) is 11.5 Å². The maximum absolute atomic E-state index is 6.10. The van der Waals surface area contributed by atoms with Crippen molar-refractivity contribution in [3.05, 3.63) is 23.6 Å². The second-order valence-corrected chi connectivity index (χ2v) is 4.88. The summed E-state index contributed by atoms with van der Waals surface area (Å²) < 4.78 is 16.5. The van der Waals surface area contributed by atoms with Crippen LogP contribution >= 0.6 is 11.6 Å². The summed E-state index contributed by atoms with van der Waals surface area (Å²) in [6.45, 7) is 3.71. The molecule has 1 aromatic carbocycles. The lowest BCUT2D eigenvalue weighted by molar-refractivity contribution is 0.143. The van der Waals surface area contributed by atoms with Crippen molar-refractivity contribution < 1.29 is 14.2 Å². The van der Waals surface area contributed by atoms with Gasteiger partial charge in [0.15, 0.2) is 11.5 Å². The molecule has 0 saturated carbocycles. The summed E-state index contributed by atoms with van der Waals surface area (Å²) >= 11 is 6.10. The van der Waals surface area contributed by atoms with Gasteiger partial charge in [-0.2, -0.15) is 0 Å². The molecule has 114 valence electrons. The lowest BCUT2D eigenvalue weighted by Crippen LogP contribution is -2.06. The Kier molecular flexibility index (Phi) is 6.02. The van der Waals surface area contributed by atoms with Crippen LogP contribution in [0.3, 0.4) is 0 Å². The molecule has 0 unspecified atom stereocenters. The summed E-state index contributed by atoms with van der Waals surface area (Å²) in [4.78, 5) is 8.19. The van der Waals surface area contributed by atoms with Crippen molar-refractivity contribution in [2.75, 3.05) is 26.9 Å². The number of nitrogens with zero attached hydrogens (tertiary/aromatic N) is 2. The summed E-state index contributed by atoms with van der Waals surface area (Å²) in [5, 5.41) is 1.16. The second kappa shape index (κ2) is 8.00. The van der Waals surface area contributed by atoms with Crippen molar-refractivity contribution in [2.24, 2.45) is 0 Å². The smallest absolute Gasteiger partial charge is 0.163 e. The zero-order chi connectivity index (χ0) is 15.1. The molecule has 1 aromatic heterocycles. The molecule has 0 aliphatic rings. The van der Waals surface area contributed by atoms with E-state index >= 15 is 0 Å². The van der Waals surface area contributed by atoms with Gasteiger partial charge in [0.1, 0.15) is 18.1 Å². The van der Waals surface area contributed by atoms with Crippen molar-refractivity contribution in [1.82, 2.24) is 9.97 Å². The minimum absolute atomic E-state index is 0.406. The number of hydrogen-bond donors (Lipinski definition) is 0. The molecule has 21 heavy (non-hydrogen) atoms. The van der Waals surface area contributed by atoms with E-state index in [1.165, 1.54) is 6.33 Å². The molecule has 1 heterocycles. The van der Waals surface area contributed by atoms with E-state index in [0.29, 0.717) is 36.5 Å². The maximum atomic E-state index is 6.10. The van der Waals surface area contributed by atoms with Crippen LogP contribution < -0.4 is 9.47 Å². The van der Waals surface area contributed by atoms with Crippen molar-refractivity contribution >= 4 is 22.5 Å². The largest absolute Gasteiger partial charge is 0.490 e. The number of benzene rings is 1. The molecule has 0 amide bonds. The monoisotopic (exact) mass is 310 g/mol. The average molecular weight is 311 g/mol. The number of aromatic nitrogens is 2. The number of rotatable bonds is 8. The van der Waals surface area contributed by atoms with Gasteiger partial charge in [0.25, 0.3) is 0 Å². The molecule has 0 bridgehead atoms. The normalized spacial score (nSPS) is 10.8. The van der Waals surface area contributed by atoms with Gasteiger partial charge in [-0.05, 0) is 12.5 Å². The van der Waals surface area contributed by atoms with Gasteiger partial charge in [-0.15, -0.1) is 0 Å². The van der Waals surface area contributed by atoms with Gasteiger partial charge in [0.2, 0.25) is 0 Å². The van der Waals surface area contributed by atoms with Crippen LogP contribution in [0.4, 0.5) is 0 Å². The summed E-state index contributed by atoms with van der Waals surface area (Å²) in [5.41, 5.74) is 0.727. The first kappa shape index (κ1) is 15.8. The highest BCUT2D eigenvalue weighted by atomic mass is 35.5. The van der Waals surface area contributed by atoms with Crippen LogP contribution in [0.2, 0.25) is 5.15 Å². The molecule has 0 atom stereocenters. The summed E-state index contributed by atoms with van der Waals surface area (Å²) in [6, 6.07) is 3.65. The lowest BCUT2D eigenvalue weighted by Gasteiger charge is -2.13. The first-order valence-corrected chi connectivity index (χ1v) is 7.32. The van der Waals surface area contributed by atoms with E-state index in [2.05, 4.69) is 16.9 Å². The van der Waals surface area contributed by atoms with Gasteiger partial charge in [-0.25, -0.2) is 9.97 Å². The Balaban J connectivity index is 2.29. The standard InChI is InChI=1S/C15H19ClN2O3/c1-3-4-5-20-13-8-11-12(17-10-18-15(11)16)9-14(13)21-7-6-19-2/h8-10H,3-7H2,1-2H3. The van der Waals surface area contributed by atoms with Crippen LogP contribution in [0, 0.1) is 0 Å². The predicted molar refractivity (Wildman–Crippen MR) is 82.3 cm³/mol. The van der Waals surface area contributed by atoms with Gasteiger partial charge in [0.05, 0.1) is 18.7 Å². The molecule has 2 rings (SSSR count). The average Bonchev–Trinajstić information content (AvgIpc) is 2.49. The molecule has 2 aromatic rings. The molecule has 5 nitrogen and oxygen atoms in total. The van der Waals surface area contributed by atoms with Crippen molar-refractivity contribution in [1.29, 1.82) is 0 Å². The summed E-state index contributed by atoms with van der Waals surface area (Å²) in [7, 11) is 1.63. The fourth-order valence-electron chi connectivity index (χ4n) is 1.82. The molecular formula is C15H19ClN2O3. The Hall–Kier alpha value is -1.59. The molecule has 6 heteroatoms. The molecular weight excluding hydrogens is 292 g/mol. The third-order valence-corrected chi connectivity index (χ3v) is 3.25. The third kappa shape index (κ3) is 4.19. The molecule has 0 aliphatic carbocycles. The Morgan fingerprint density at radius 2 is 1.81 bits per heavy atom. The van der Waals surface area contributed by atoms with E-state index < -0.39 is 0 Å². The predicted octanol–water partition coefficient (Wildman–Crippen LogP) is 3.49. The van der Waals surface area contributed by atoms with Crippen LogP contribution in [-0.4, -0.2) is 36.9 Å². The van der Waals surface area contributed by atoms with Crippen LogP contribution in [0.1, 0.15) is 19.8 Å². The minimum atomic E-state index is 0.406. The molecule has 0 fully saturated rings. The Morgan fingerprint density at radius 3 is 2.57 bits per heavy atom. The highest BCUT2D eigenvalue weighted by Gasteiger charge is 2.11. The maximum Gasteiger partial charge on any atom is 0.163 e. The van der Waals surface area contributed by atoms with Crippen molar-refractivity contribution in [3.8, 4) is 11.5 Å².